The van der Waals surface area contributed by atoms with E-state index in [-0.39, 0.29) is 11.5 Å². The third kappa shape index (κ3) is 4.89. The monoisotopic (exact) mass is 374 g/mol. The van der Waals surface area contributed by atoms with E-state index < -0.39 is 8.07 Å². The molecular formula is C24H26O2Si. The van der Waals surface area contributed by atoms with Gasteiger partial charge >= 0.3 is 0 Å². The van der Waals surface area contributed by atoms with Gasteiger partial charge in [-0.3, -0.25) is 0 Å². The van der Waals surface area contributed by atoms with Crippen LogP contribution >= 0.6 is 0 Å². The lowest BCUT2D eigenvalue weighted by atomic mass is 10.1. The first-order valence-corrected chi connectivity index (χ1v) is 12.3. The van der Waals surface area contributed by atoms with Crippen LogP contribution in [0.25, 0.3) is 0 Å². The van der Waals surface area contributed by atoms with Gasteiger partial charge in [0.05, 0.1) is 8.07 Å². The molecule has 3 rings (SSSR count). The molecule has 0 fully saturated rings. The highest BCUT2D eigenvalue weighted by molar-refractivity contribution is 6.91. The smallest absolute Gasteiger partial charge is 0.273 e. The second-order valence-corrected chi connectivity index (χ2v) is 11.9. The van der Waals surface area contributed by atoms with Gasteiger partial charge in [0, 0.05) is 11.6 Å². The number of benzene rings is 3. The van der Waals surface area contributed by atoms with Crippen molar-refractivity contribution in [1.29, 1.82) is 0 Å². The maximum atomic E-state index is 10.5. The van der Waals surface area contributed by atoms with E-state index in [2.05, 4.69) is 49.5 Å². The van der Waals surface area contributed by atoms with Crippen molar-refractivity contribution in [3.63, 3.8) is 0 Å². The lowest BCUT2D eigenvalue weighted by Gasteiger charge is -2.31. The first kappa shape index (κ1) is 19.0. The predicted octanol–water partition coefficient (Wildman–Crippen LogP) is 5.54. The Balaban J connectivity index is 1.88. The van der Waals surface area contributed by atoms with Crippen LogP contribution in [0, 0.1) is 0 Å². The van der Waals surface area contributed by atoms with Crippen LogP contribution < -0.4 is 5.19 Å². The van der Waals surface area contributed by atoms with Gasteiger partial charge in [0.15, 0.2) is 0 Å². The summed E-state index contributed by atoms with van der Waals surface area (Å²) in [7, 11) is -1.94. The van der Waals surface area contributed by atoms with Gasteiger partial charge in [-0.15, -0.1) is 0 Å². The van der Waals surface area contributed by atoms with Crippen molar-refractivity contribution in [2.75, 3.05) is 0 Å². The van der Waals surface area contributed by atoms with E-state index >= 15 is 0 Å². The molecule has 1 atom stereocenters. The summed E-state index contributed by atoms with van der Waals surface area (Å²) in [5.74, 6) is -0.00999. The van der Waals surface area contributed by atoms with E-state index in [0.29, 0.717) is 6.61 Å². The molecule has 3 aromatic rings. The SMILES string of the molecule is C[Si](C)(c1ccccc1)C(/C=C(\O)OCc1ccccc1)c1ccccc1. The summed E-state index contributed by atoms with van der Waals surface area (Å²) in [6, 6.07) is 30.9. The Morgan fingerprint density at radius 1 is 0.852 bits per heavy atom. The van der Waals surface area contributed by atoms with Gasteiger partial charge in [-0.1, -0.05) is 109 Å². The molecule has 0 amide bonds. The number of rotatable bonds is 7. The average Bonchev–Trinajstić information content (AvgIpc) is 2.72. The van der Waals surface area contributed by atoms with Crippen molar-refractivity contribution in [2.24, 2.45) is 0 Å². The third-order valence-corrected chi connectivity index (χ3v) is 8.87. The first-order valence-electron chi connectivity index (χ1n) is 9.25. The van der Waals surface area contributed by atoms with Crippen molar-refractivity contribution >= 4 is 13.3 Å². The van der Waals surface area contributed by atoms with E-state index in [4.69, 9.17) is 4.74 Å². The molecule has 0 aliphatic heterocycles. The minimum atomic E-state index is -1.94. The zero-order valence-corrected chi connectivity index (χ0v) is 16.9. The number of aliphatic hydroxyl groups is 1. The average molecular weight is 375 g/mol. The van der Waals surface area contributed by atoms with Gasteiger partial charge in [-0.25, -0.2) is 0 Å². The summed E-state index contributed by atoms with van der Waals surface area (Å²) < 4.78 is 5.65. The predicted molar refractivity (Wildman–Crippen MR) is 115 cm³/mol. The van der Waals surface area contributed by atoms with Crippen LogP contribution in [0.1, 0.15) is 16.7 Å². The molecule has 0 bridgehead atoms. The van der Waals surface area contributed by atoms with Gasteiger partial charge in [-0.05, 0) is 11.1 Å². The highest BCUT2D eigenvalue weighted by Gasteiger charge is 2.34. The number of hydrogen-bond donors (Lipinski definition) is 1. The molecule has 1 unspecified atom stereocenters. The maximum Gasteiger partial charge on any atom is 0.273 e. The zero-order chi connectivity index (χ0) is 19.1. The van der Waals surface area contributed by atoms with Crippen LogP contribution in [0.15, 0.2) is 103 Å². The maximum absolute atomic E-state index is 10.5. The Bertz CT molecular complexity index is 859. The molecule has 0 aliphatic carbocycles. The van der Waals surface area contributed by atoms with E-state index in [9.17, 15) is 5.11 Å². The molecule has 0 aliphatic rings. The van der Waals surface area contributed by atoms with E-state index in [1.165, 1.54) is 10.8 Å². The van der Waals surface area contributed by atoms with E-state index in [0.717, 1.165) is 5.56 Å². The summed E-state index contributed by atoms with van der Waals surface area (Å²) in [6.07, 6.45) is 1.89. The van der Waals surface area contributed by atoms with Gasteiger partial charge in [0.2, 0.25) is 0 Å². The highest BCUT2D eigenvalue weighted by atomic mass is 28.3. The van der Waals surface area contributed by atoms with E-state index in [1.807, 2.05) is 60.7 Å². The number of allylic oxidation sites excluding steroid dienone is 1. The zero-order valence-electron chi connectivity index (χ0n) is 15.9. The summed E-state index contributed by atoms with van der Waals surface area (Å²) in [5, 5.41) is 11.9. The molecule has 3 heteroatoms. The Labute approximate surface area is 162 Å². The molecule has 0 saturated carbocycles. The Morgan fingerprint density at radius 2 is 1.37 bits per heavy atom. The summed E-state index contributed by atoms with van der Waals surface area (Å²) in [6.45, 7) is 5.03. The molecular weight excluding hydrogens is 348 g/mol. The Morgan fingerprint density at radius 3 is 1.96 bits per heavy atom. The first-order chi connectivity index (χ1) is 13.1. The minimum Gasteiger partial charge on any atom is -0.481 e. The van der Waals surface area contributed by atoms with Crippen LogP contribution in [0.4, 0.5) is 0 Å². The molecule has 0 spiro atoms. The molecule has 3 aromatic carbocycles. The second kappa shape index (κ2) is 8.74. The minimum absolute atomic E-state index is 0.00999. The molecule has 0 saturated heterocycles. The fraction of sp³-hybridized carbons (Fsp3) is 0.167. The van der Waals surface area contributed by atoms with Crippen LogP contribution in [-0.2, 0) is 11.3 Å². The number of ether oxygens (including phenoxy) is 1. The van der Waals surface area contributed by atoms with Gasteiger partial charge in [-0.2, -0.15) is 0 Å². The molecule has 1 N–H and O–H groups in total. The van der Waals surface area contributed by atoms with Crippen LogP contribution in [0.2, 0.25) is 13.1 Å². The van der Waals surface area contributed by atoms with Crippen LogP contribution in [0.3, 0.4) is 0 Å². The molecule has 0 aromatic heterocycles. The Kier molecular flexibility index (Phi) is 6.15. The second-order valence-electron chi connectivity index (χ2n) is 7.26. The summed E-state index contributed by atoms with van der Waals surface area (Å²) in [5.41, 5.74) is 2.35. The number of aliphatic hydroxyl groups excluding tert-OH is 1. The van der Waals surface area contributed by atoms with Crippen LogP contribution in [-0.4, -0.2) is 13.2 Å². The molecule has 0 heterocycles. The van der Waals surface area contributed by atoms with Gasteiger partial charge in [0.1, 0.15) is 6.61 Å². The van der Waals surface area contributed by atoms with Crippen molar-refractivity contribution in [3.05, 3.63) is 114 Å². The van der Waals surface area contributed by atoms with E-state index in [1.54, 1.807) is 0 Å². The Hall–Kier alpha value is -2.78. The van der Waals surface area contributed by atoms with Gasteiger partial charge < -0.3 is 9.84 Å². The summed E-state index contributed by atoms with van der Waals surface area (Å²) >= 11 is 0. The van der Waals surface area contributed by atoms with Gasteiger partial charge in [0.25, 0.3) is 5.95 Å². The highest BCUT2D eigenvalue weighted by Crippen LogP contribution is 2.29. The number of hydrogen-bond acceptors (Lipinski definition) is 2. The van der Waals surface area contributed by atoms with Crippen molar-refractivity contribution < 1.29 is 9.84 Å². The lowest BCUT2D eigenvalue weighted by molar-refractivity contribution is 0.0814. The van der Waals surface area contributed by atoms with Crippen molar-refractivity contribution in [1.82, 2.24) is 0 Å². The third-order valence-electron chi connectivity index (χ3n) is 4.99. The van der Waals surface area contributed by atoms with Crippen molar-refractivity contribution in [2.45, 2.75) is 25.2 Å². The lowest BCUT2D eigenvalue weighted by Crippen LogP contribution is -2.47. The quantitative estimate of drug-likeness (QED) is 0.434. The topological polar surface area (TPSA) is 29.5 Å². The van der Waals surface area contributed by atoms with Crippen molar-refractivity contribution in [3.8, 4) is 0 Å². The molecule has 0 radical (unpaired) electrons. The molecule has 138 valence electrons. The molecule has 2 nitrogen and oxygen atoms in total. The molecule has 27 heavy (non-hydrogen) atoms. The fourth-order valence-corrected chi connectivity index (χ4v) is 6.35. The largest absolute Gasteiger partial charge is 0.481 e. The standard InChI is InChI=1S/C24H26O2Si/c1-27(2,22-16-10-5-11-17-22)23(21-14-8-4-9-15-21)18-24(25)26-19-20-12-6-3-7-13-20/h3-18,23,25H,19H2,1-2H3/b24-18+. The van der Waals surface area contributed by atoms with Crippen LogP contribution in [0.5, 0.6) is 0 Å². The summed E-state index contributed by atoms with van der Waals surface area (Å²) in [4.78, 5) is 0. The fourth-order valence-electron chi connectivity index (χ4n) is 3.35. The normalized spacial score (nSPS) is 13.2.